The zero-order valence-electron chi connectivity index (χ0n) is 9.17. The summed E-state index contributed by atoms with van der Waals surface area (Å²) in [5, 5.41) is 31.9. The van der Waals surface area contributed by atoms with E-state index in [0.717, 1.165) is 0 Å². The maximum Gasteiger partial charge on any atom is 2.00 e. The Hall–Kier alpha value is -1.94. The van der Waals surface area contributed by atoms with Gasteiger partial charge in [0, 0.05) is 11.1 Å². The summed E-state index contributed by atoms with van der Waals surface area (Å²) in [7, 11) is 0. The number of phenols is 1. The van der Waals surface area contributed by atoms with Crippen LogP contribution in [0, 0.1) is 0 Å². The number of aromatic carboxylic acids is 2. The van der Waals surface area contributed by atoms with Gasteiger partial charge in [-0.05, 0) is 16.8 Å². The second-order valence-corrected chi connectivity index (χ2v) is 3.44. The first kappa shape index (κ1) is 14.1. The summed E-state index contributed by atoms with van der Waals surface area (Å²) < 4.78 is 0. The molecule has 0 amide bonds. The average Bonchev–Trinajstić information content (AvgIpc) is 2.26. The fourth-order valence-electron chi connectivity index (χ4n) is 1.75. The van der Waals surface area contributed by atoms with Gasteiger partial charge in [-0.3, -0.25) is 0 Å². The predicted octanol–water partition coefficient (Wildman–Crippen LogP) is -0.730. The summed E-state index contributed by atoms with van der Waals surface area (Å²) >= 11 is 0. The van der Waals surface area contributed by atoms with E-state index in [9.17, 15) is 24.9 Å². The van der Waals surface area contributed by atoms with Gasteiger partial charge in [0.1, 0.15) is 5.75 Å². The summed E-state index contributed by atoms with van der Waals surface area (Å²) in [6, 6.07) is 7.37. The van der Waals surface area contributed by atoms with Crippen LogP contribution in [-0.4, -0.2) is 17.0 Å². The second kappa shape index (κ2) is 5.15. The Balaban J connectivity index is 0.00000162. The smallest absolute Gasteiger partial charge is 0.545 e. The average molecular weight is 296 g/mol. The minimum atomic E-state index is -1.76. The first-order chi connectivity index (χ1) is 8.02. The maximum absolute atomic E-state index is 11.0. The molecular formula is C12H6O5Zn. The quantitative estimate of drug-likeness (QED) is 0.736. The molecule has 0 aromatic heterocycles. The Labute approximate surface area is 114 Å². The molecule has 0 bridgehead atoms. The number of carboxylic acids is 2. The fourth-order valence-corrected chi connectivity index (χ4v) is 1.75. The van der Waals surface area contributed by atoms with Crippen molar-refractivity contribution >= 4 is 22.7 Å². The van der Waals surface area contributed by atoms with Gasteiger partial charge in [-0.25, -0.2) is 0 Å². The third-order valence-electron chi connectivity index (χ3n) is 2.44. The van der Waals surface area contributed by atoms with Gasteiger partial charge in [-0.2, -0.15) is 0 Å². The summed E-state index contributed by atoms with van der Waals surface area (Å²) in [6.45, 7) is 0. The molecule has 18 heavy (non-hydrogen) atoms. The molecule has 0 heterocycles. The number of benzene rings is 2. The van der Waals surface area contributed by atoms with Gasteiger partial charge in [0.25, 0.3) is 0 Å². The Morgan fingerprint density at radius 3 is 2.11 bits per heavy atom. The Morgan fingerprint density at radius 1 is 1.00 bits per heavy atom. The van der Waals surface area contributed by atoms with E-state index in [-0.39, 0.29) is 24.9 Å². The molecule has 0 saturated heterocycles. The molecule has 2 aromatic carbocycles. The van der Waals surface area contributed by atoms with E-state index in [2.05, 4.69) is 0 Å². The van der Waals surface area contributed by atoms with Crippen molar-refractivity contribution in [2.45, 2.75) is 0 Å². The number of rotatable bonds is 2. The number of aromatic hydroxyl groups is 1. The maximum atomic E-state index is 11.0. The van der Waals surface area contributed by atoms with E-state index in [1.165, 1.54) is 12.1 Å². The van der Waals surface area contributed by atoms with Crippen molar-refractivity contribution in [2.24, 2.45) is 0 Å². The van der Waals surface area contributed by atoms with Crippen molar-refractivity contribution < 1.29 is 44.4 Å². The van der Waals surface area contributed by atoms with Crippen molar-refractivity contribution in [1.82, 2.24) is 0 Å². The van der Waals surface area contributed by atoms with E-state index in [1.807, 2.05) is 0 Å². The van der Waals surface area contributed by atoms with E-state index >= 15 is 0 Å². The normalized spacial score (nSPS) is 9.78. The molecular weight excluding hydrogens is 290 g/mol. The molecule has 6 heteroatoms. The zero-order chi connectivity index (χ0) is 12.6. The molecule has 0 saturated carbocycles. The van der Waals surface area contributed by atoms with Crippen LogP contribution in [0.4, 0.5) is 0 Å². The molecule has 86 valence electrons. The van der Waals surface area contributed by atoms with Crippen LogP contribution in [0.1, 0.15) is 20.7 Å². The van der Waals surface area contributed by atoms with Crippen molar-refractivity contribution in [1.29, 1.82) is 0 Å². The molecule has 0 fully saturated rings. The largest absolute Gasteiger partial charge is 2.00 e. The standard InChI is InChI=1S/C12H8O5.Zn/c13-8-5-6-3-1-2-4-7(6)9(11(14)15)10(8)12(16)17;/h1-5,13H,(H,14,15)(H,16,17);/q;+2/p-2. The van der Waals surface area contributed by atoms with Gasteiger partial charge < -0.3 is 24.9 Å². The number of carboxylic acid groups (broad SMARTS) is 2. The van der Waals surface area contributed by atoms with Gasteiger partial charge in [-0.1, -0.05) is 24.3 Å². The predicted molar refractivity (Wildman–Crippen MR) is 54.3 cm³/mol. The van der Waals surface area contributed by atoms with E-state index in [4.69, 9.17) is 0 Å². The van der Waals surface area contributed by atoms with Crippen LogP contribution in [0.15, 0.2) is 30.3 Å². The Kier molecular flexibility index (Phi) is 4.04. The molecule has 0 spiro atoms. The van der Waals surface area contributed by atoms with Crippen LogP contribution in [0.2, 0.25) is 0 Å². The van der Waals surface area contributed by atoms with Crippen molar-refractivity contribution in [2.75, 3.05) is 0 Å². The van der Waals surface area contributed by atoms with Crippen LogP contribution < -0.4 is 10.2 Å². The van der Waals surface area contributed by atoms with Gasteiger partial charge in [-0.15, -0.1) is 0 Å². The molecule has 0 atom stereocenters. The topological polar surface area (TPSA) is 100 Å². The van der Waals surface area contributed by atoms with Crippen LogP contribution in [-0.2, 0) is 19.5 Å². The molecule has 5 nitrogen and oxygen atoms in total. The molecule has 1 N–H and O–H groups in total. The van der Waals surface area contributed by atoms with Crippen molar-refractivity contribution in [3.05, 3.63) is 41.5 Å². The summed E-state index contributed by atoms with van der Waals surface area (Å²) in [5.74, 6) is -4.08. The van der Waals surface area contributed by atoms with Crippen molar-refractivity contribution in [3.63, 3.8) is 0 Å². The van der Waals surface area contributed by atoms with Gasteiger partial charge >= 0.3 is 19.5 Å². The summed E-state index contributed by atoms with van der Waals surface area (Å²) in [5.41, 5.74) is -1.33. The molecule has 0 aliphatic rings. The number of hydrogen-bond acceptors (Lipinski definition) is 5. The molecule has 0 aliphatic heterocycles. The van der Waals surface area contributed by atoms with Gasteiger partial charge in [0.2, 0.25) is 0 Å². The number of fused-ring (bicyclic) bond motifs is 1. The molecule has 0 radical (unpaired) electrons. The van der Waals surface area contributed by atoms with Crippen LogP contribution >= 0.6 is 0 Å². The first-order valence-corrected chi connectivity index (χ1v) is 4.69. The number of hydrogen-bond donors (Lipinski definition) is 1. The number of carbonyl (C=O) groups excluding carboxylic acids is 2. The van der Waals surface area contributed by atoms with Crippen LogP contribution in [0.25, 0.3) is 10.8 Å². The van der Waals surface area contributed by atoms with E-state index < -0.39 is 28.8 Å². The fraction of sp³-hybridized carbons (Fsp3) is 0. The minimum Gasteiger partial charge on any atom is -0.545 e. The Morgan fingerprint density at radius 2 is 1.56 bits per heavy atom. The third-order valence-corrected chi connectivity index (χ3v) is 2.44. The van der Waals surface area contributed by atoms with Gasteiger partial charge in [0.15, 0.2) is 0 Å². The Bertz CT molecular complexity index is 636. The molecule has 0 aliphatic carbocycles. The minimum absolute atomic E-state index is 0. The second-order valence-electron chi connectivity index (χ2n) is 3.44. The van der Waals surface area contributed by atoms with E-state index in [1.54, 1.807) is 18.2 Å². The van der Waals surface area contributed by atoms with E-state index in [0.29, 0.717) is 5.39 Å². The molecule has 0 unspecified atom stereocenters. The SMILES string of the molecule is O=C([O-])c1c(O)cc2ccccc2c1C(=O)[O-].[Zn+2]. The number of carbonyl (C=O) groups is 2. The van der Waals surface area contributed by atoms with Crippen LogP contribution in [0.3, 0.4) is 0 Å². The first-order valence-electron chi connectivity index (χ1n) is 4.69. The van der Waals surface area contributed by atoms with Crippen molar-refractivity contribution in [3.8, 4) is 5.75 Å². The monoisotopic (exact) mass is 294 g/mol. The van der Waals surface area contributed by atoms with Gasteiger partial charge in [0.05, 0.1) is 11.9 Å². The summed E-state index contributed by atoms with van der Waals surface area (Å²) in [4.78, 5) is 21.8. The molecule has 2 aromatic rings. The third kappa shape index (κ3) is 2.20. The summed E-state index contributed by atoms with van der Waals surface area (Å²) in [6.07, 6.45) is 0. The zero-order valence-corrected chi connectivity index (χ0v) is 12.1. The molecule has 2 rings (SSSR count). The van der Waals surface area contributed by atoms with Crippen LogP contribution in [0.5, 0.6) is 5.75 Å².